The average molecular weight is 251 g/mol. The second-order valence-corrected chi connectivity index (χ2v) is 6.09. The molecule has 1 amide bonds. The Morgan fingerprint density at radius 2 is 2.06 bits per heavy atom. The lowest BCUT2D eigenvalue weighted by atomic mass is 9.94. The monoisotopic (exact) mass is 251 g/mol. The highest BCUT2D eigenvalue weighted by Crippen LogP contribution is 2.37. The van der Waals surface area contributed by atoms with Crippen molar-refractivity contribution in [1.29, 1.82) is 0 Å². The van der Waals surface area contributed by atoms with Crippen LogP contribution in [0.15, 0.2) is 16.7 Å². The lowest BCUT2D eigenvalue weighted by Gasteiger charge is -2.27. The lowest BCUT2D eigenvalue weighted by Crippen LogP contribution is -2.46. The summed E-state index contributed by atoms with van der Waals surface area (Å²) in [6.45, 7) is 9.90. The van der Waals surface area contributed by atoms with Gasteiger partial charge in [0, 0.05) is 0 Å². The maximum Gasteiger partial charge on any atom is 0.255 e. The molecular formula is C14H21NO3. The topological polar surface area (TPSA) is 51.5 Å². The molecule has 4 nitrogen and oxygen atoms in total. The molecule has 1 aliphatic heterocycles. The molecule has 1 saturated heterocycles. The summed E-state index contributed by atoms with van der Waals surface area (Å²) in [5.74, 6) is 0.545. The molecule has 1 aromatic rings. The predicted octanol–water partition coefficient (Wildman–Crippen LogP) is 2.66. The van der Waals surface area contributed by atoms with Gasteiger partial charge in [0.1, 0.15) is 5.76 Å². The Morgan fingerprint density at radius 1 is 1.39 bits per heavy atom. The predicted molar refractivity (Wildman–Crippen MR) is 68.6 cm³/mol. The molecule has 18 heavy (non-hydrogen) atoms. The normalized spacial score (nSPS) is 25.1. The summed E-state index contributed by atoms with van der Waals surface area (Å²) in [7, 11) is 0. The molecule has 1 N–H and O–H groups in total. The van der Waals surface area contributed by atoms with Gasteiger partial charge in [-0.05, 0) is 47.1 Å². The van der Waals surface area contributed by atoms with Crippen molar-refractivity contribution in [1.82, 2.24) is 5.32 Å². The van der Waals surface area contributed by atoms with Gasteiger partial charge in [-0.1, -0.05) is 0 Å². The minimum atomic E-state index is -0.350. The molecule has 0 radical (unpaired) electrons. The third kappa shape index (κ3) is 2.43. The fraction of sp³-hybridized carbons (Fsp3) is 0.643. The van der Waals surface area contributed by atoms with E-state index in [9.17, 15) is 4.79 Å². The van der Waals surface area contributed by atoms with Crippen LogP contribution in [0.3, 0.4) is 0 Å². The van der Waals surface area contributed by atoms with Gasteiger partial charge >= 0.3 is 0 Å². The minimum absolute atomic E-state index is 0.00861. The fourth-order valence-corrected chi connectivity index (χ4v) is 2.64. The Labute approximate surface area is 108 Å². The third-order valence-corrected chi connectivity index (χ3v) is 3.48. The van der Waals surface area contributed by atoms with E-state index in [0.29, 0.717) is 11.3 Å². The molecule has 1 aliphatic rings. The summed E-state index contributed by atoms with van der Waals surface area (Å²) >= 11 is 0. The minimum Gasteiger partial charge on any atom is -0.469 e. The summed E-state index contributed by atoms with van der Waals surface area (Å²) < 4.78 is 11.1. The van der Waals surface area contributed by atoms with Gasteiger partial charge in [-0.3, -0.25) is 4.79 Å². The van der Waals surface area contributed by atoms with Crippen molar-refractivity contribution in [3.63, 3.8) is 0 Å². The molecule has 100 valence electrons. The number of hydrogen-bond acceptors (Lipinski definition) is 3. The van der Waals surface area contributed by atoms with Crippen LogP contribution in [-0.2, 0) is 4.74 Å². The van der Waals surface area contributed by atoms with Crippen molar-refractivity contribution in [3.05, 3.63) is 23.7 Å². The zero-order chi connectivity index (χ0) is 13.6. The van der Waals surface area contributed by atoms with E-state index in [1.165, 1.54) is 6.26 Å². The first-order valence-corrected chi connectivity index (χ1v) is 6.26. The second-order valence-electron chi connectivity index (χ2n) is 6.09. The maximum absolute atomic E-state index is 12.2. The number of amides is 1. The number of nitrogens with one attached hydrogen (secondary N) is 1. The molecule has 1 atom stereocenters. The molecule has 1 fully saturated rings. The van der Waals surface area contributed by atoms with E-state index >= 15 is 0 Å². The van der Waals surface area contributed by atoms with Crippen molar-refractivity contribution in [2.45, 2.75) is 58.3 Å². The quantitative estimate of drug-likeness (QED) is 0.879. The molecule has 0 unspecified atom stereocenters. The van der Waals surface area contributed by atoms with Crippen molar-refractivity contribution >= 4 is 5.91 Å². The van der Waals surface area contributed by atoms with E-state index in [4.69, 9.17) is 9.15 Å². The highest BCUT2D eigenvalue weighted by Gasteiger charge is 2.46. The van der Waals surface area contributed by atoms with Crippen LogP contribution in [0.5, 0.6) is 0 Å². The number of aryl methyl sites for hydroxylation is 1. The van der Waals surface area contributed by atoms with Gasteiger partial charge in [0.25, 0.3) is 5.91 Å². The van der Waals surface area contributed by atoms with Crippen LogP contribution in [0.25, 0.3) is 0 Å². The Hall–Kier alpha value is -1.29. The van der Waals surface area contributed by atoms with E-state index in [1.54, 1.807) is 13.0 Å². The Balaban J connectivity index is 2.11. The van der Waals surface area contributed by atoms with Gasteiger partial charge in [-0.25, -0.2) is 0 Å². The fourth-order valence-electron chi connectivity index (χ4n) is 2.64. The largest absolute Gasteiger partial charge is 0.469 e. The number of carbonyl (C=O) groups is 1. The lowest BCUT2D eigenvalue weighted by molar-refractivity contribution is -0.0693. The van der Waals surface area contributed by atoms with Crippen LogP contribution < -0.4 is 5.32 Å². The molecule has 2 heterocycles. The number of rotatable bonds is 2. The van der Waals surface area contributed by atoms with Crippen LogP contribution in [0.4, 0.5) is 0 Å². The summed E-state index contributed by atoms with van der Waals surface area (Å²) in [6, 6.07) is 1.70. The SMILES string of the molecule is Cc1occc1C(=O)N[C@H]1CC(C)(C)OC1(C)C. The van der Waals surface area contributed by atoms with E-state index in [-0.39, 0.29) is 23.2 Å². The first-order valence-electron chi connectivity index (χ1n) is 6.26. The van der Waals surface area contributed by atoms with E-state index in [0.717, 1.165) is 6.42 Å². The molecule has 0 bridgehead atoms. The van der Waals surface area contributed by atoms with Crippen molar-refractivity contribution in [2.75, 3.05) is 0 Å². The molecule has 4 heteroatoms. The Morgan fingerprint density at radius 3 is 2.50 bits per heavy atom. The summed E-state index contributed by atoms with van der Waals surface area (Å²) in [6.07, 6.45) is 2.34. The standard InChI is InChI=1S/C14H21NO3/c1-9-10(6-7-17-9)12(16)15-11-8-13(2,3)18-14(11,4)5/h6-7,11H,8H2,1-5H3,(H,15,16)/t11-/m0/s1. The number of furan rings is 1. The Kier molecular flexibility index (Phi) is 3.01. The highest BCUT2D eigenvalue weighted by molar-refractivity contribution is 5.95. The van der Waals surface area contributed by atoms with Crippen molar-refractivity contribution < 1.29 is 13.9 Å². The van der Waals surface area contributed by atoms with Gasteiger partial charge in [0.15, 0.2) is 0 Å². The smallest absolute Gasteiger partial charge is 0.255 e. The van der Waals surface area contributed by atoms with Gasteiger partial charge in [0.05, 0.1) is 29.1 Å². The zero-order valence-electron chi connectivity index (χ0n) is 11.7. The van der Waals surface area contributed by atoms with Gasteiger partial charge in [-0.15, -0.1) is 0 Å². The highest BCUT2D eigenvalue weighted by atomic mass is 16.5. The average Bonchev–Trinajstić information content (AvgIpc) is 2.68. The van der Waals surface area contributed by atoms with Crippen LogP contribution in [0.1, 0.15) is 50.2 Å². The first-order chi connectivity index (χ1) is 8.21. The van der Waals surface area contributed by atoms with Crippen LogP contribution in [0, 0.1) is 6.92 Å². The maximum atomic E-state index is 12.2. The molecular weight excluding hydrogens is 230 g/mol. The van der Waals surface area contributed by atoms with E-state index in [1.807, 2.05) is 27.7 Å². The van der Waals surface area contributed by atoms with Gasteiger partial charge in [0.2, 0.25) is 0 Å². The summed E-state index contributed by atoms with van der Waals surface area (Å²) in [5.41, 5.74) is 0.0412. The third-order valence-electron chi connectivity index (χ3n) is 3.48. The van der Waals surface area contributed by atoms with Crippen molar-refractivity contribution in [3.8, 4) is 0 Å². The van der Waals surface area contributed by atoms with Crippen LogP contribution >= 0.6 is 0 Å². The molecule has 0 saturated carbocycles. The molecule has 1 aromatic heterocycles. The molecule has 0 aliphatic carbocycles. The van der Waals surface area contributed by atoms with Crippen LogP contribution in [-0.4, -0.2) is 23.2 Å². The van der Waals surface area contributed by atoms with E-state index < -0.39 is 0 Å². The van der Waals surface area contributed by atoms with Gasteiger partial charge < -0.3 is 14.5 Å². The van der Waals surface area contributed by atoms with E-state index in [2.05, 4.69) is 5.32 Å². The van der Waals surface area contributed by atoms with Crippen LogP contribution in [0.2, 0.25) is 0 Å². The number of ether oxygens (including phenoxy) is 1. The van der Waals surface area contributed by atoms with Gasteiger partial charge in [-0.2, -0.15) is 0 Å². The van der Waals surface area contributed by atoms with Crippen molar-refractivity contribution in [2.24, 2.45) is 0 Å². The second kappa shape index (κ2) is 4.12. The first kappa shape index (κ1) is 13.1. The molecule has 0 spiro atoms. The Bertz CT molecular complexity index is 459. The molecule has 2 rings (SSSR count). The zero-order valence-corrected chi connectivity index (χ0v) is 11.7. The number of hydrogen-bond donors (Lipinski definition) is 1. The molecule has 0 aromatic carbocycles. The summed E-state index contributed by atoms with van der Waals surface area (Å²) in [4.78, 5) is 12.2. The number of carbonyl (C=O) groups excluding carboxylic acids is 1. The summed E-state index contributed by atoms with van der Waals surface area (Å²) in [5, 5.41) is 3.04.